The summed E-state index contributed by atoms with van der Waals surface area (Å²) in [6, 6.07) is 12.1. The number of aromatic amines is 1. The van der Waals surface area contributed by atoms with Crippen LogP contribution in [0.3, 0.4) is 0 Å². The van der Waals surface area contributed by atoms with Crippen LogP contribution in [-0.4, -0.2) is 36.7 Å². The Morgan fingerprint density at radius 3 is 2.50 bits per heavy atom. The van der Waals surface area contributed by atoms with Crippen molar-refractivity contribution in [2.45, 2.75) is 0 Å². The second kappa shape index (κ2) is 5.57. The highest BCUT2D eigenvalue weighted by molar-refractivity contribution is 5.86. The number of aromatic hydroxyl groups is 3. The van der Waals surface area contributed by atoms with Crippen LogP contribution in [0.2, 0.25) is 0 Å². The van der Waals surface area contributed by atoms with Crippen molar-refractivity contribution in [1.29, 1.82) is 0 Å². The Bertz CT molecular complexity index is 828. The number of phenolic OH excluding ortho intramolecular Hbond substituents is 3. The fourth-order valence-corrected chi connectivity index (χ4v) is 1.85. The minimum Gasteiger partial charge on any atom is -0.504 e. The largest absolute Gasteiger partial charge is 0.504 e. The molecular weight excluding hydrogens is 284 g/mol. The molecule has 0 fully saturated rings. The predicted octanol–water partition coefficient (Wildman–Crippen LogP) is 2.34. The Labute approximate surface area is 125 Å². The Kier molecular flexibility index (Phi) is 3.45. The summed E-state index contributed by atoms with van der Waals surface area (Å²) < 4.78 is 0. The fourth-order valence-electron chi connectivity index (χ4n) is 1.85. The third-order valence-corrected chi connectivity index (χ3v) is 3.00. The predicted molar refractivity (Wildman–Crippen MR) is 80.5 cm³/mol. The summed E-state index contributed by atoms with van der Waals surface area (Å²) in [7, 11) is 0. The first-order valence-corrected chi connectivity index (χ1v) is 6.41. The molecule has 1 aromatic heterocycles. The summed E-state index contributed by atoms with van der Waals surface area (Å²) in [5.74, 6) is -0.693. The molecule has 0 amide bonds. The second-order valence-corrected chi connectivity index (χ2v) is 4.48. The van der Waals surface area contributed by atoms with E-state index in [0.29, 0.717) is 5.82 Å². The van der Waals surface area contributed by atoms with Gasteiger partial charge in [0.15, 0.2) is 17.3 Å². The number of aromatic nitrogens is 3. The second-order valence-electron chi connectivity index (χ2n) is 4.48. The highest BCUT2D eigenvalue weighted by Crippen LogP contribution is 2.36. The van der Waals surface area contributed by atoms with Gasteiger partial charge in [0.25, 0.3) is 5.95 Å². The average Bonchev–Trinajstić information content (AvgIpc) is 3.02. The van der Waals surface area contributed by atoms with Gasteiger partial charge in [0.05, 0.1) is 0 Å². The first kappa shape index (κ1) is 13.6. The fraction of sp³-hybridized carbons (Fsp3) is 0. The molecule has 0 aliphatic heterocycles. The molecule has 4 N–H and O–H groups in total. The number of rotatable bonds is 3. The minimum absolute atomic E-state index is 0.186. The zero-order chi connectivity index (χ0) is 15.5. The number of aliphatic imine (C=N–C) groups is 1. The maximum atomic E-state index is 9.69. The Hall–Kier alpha value is -3.35. The van der Waals surface area contributed by atoms with Crippen LogP contribution in [0.1, 0.15) is 5.56 Å². The molecule has 7 heteroatoms. The summed E-state index contributed by atoms with van der Waals surface area (Å²) in [6.07, 6.45) is 1.30. The van der Waals surface area contributed by atoms with Gasteiger partial charge in [-0.15, -0.1) is 5.10 Å². The third-order valence-electron chi connectivity index (χ3n) is 3.00. The molecule has 0 spiro atoms. The van der Waals surface area contributed by atoms with Crippen LogP contribution in [0.5, 0.6) is 17.2 Å². The van der Waals surface area contributed by atoms with Gasteiger partial charge in [-0.25, -0.2) is 4.99 Å². The third kappa shape index (κ3) is 2.59. The molecule has 0 bridgehead atoms. The van der Waals surface area contributed by atoms with Gasteiger partial charge in [0.2, 0.25) is 5.75 Å². The maximum Gasteiger partial charge on any atom is 0.268 e. The zero-order valence-electron chi connectivity index (χ0n) is 11.3. The number of hydrogen-bond acceptors (Lipinski definition) is 6. The average molecular weight is 296 g/mol. The standard InChI is InChI=1S/C15H12N4O3/c20-11-7-6-10(12(21)13(11)22)8-16-15-17-14(18-19-15)9-4-2-1-3-5-9/h1-8,20-22H,(H,17,18,19)/b16-8+. The normalized spacial score (nSPS) is 11.1. The van der Waals surface area contributed by atoms with Crippen LogP contribution < -0.4 is 0 Å². The lowest BCUT2D eigenvalue weighted by Crippen LogP contribution is -1.83. The lowest BCUT2D eigenvalue weighted by Gasteiger charge is -2.02. The quantitative estimate of drug-likeness (QED) is 0.437. The minimum atomic E-state index is -0.594. The Morgan fingerprint density at radius 2 is 1.73 bits per heavy atom. The number of hydrogen-bond donors (Lipinski definition) is 4. The molecule has 0 aliphatic rings. The maximum absolute atomic E-state index is 9.69. The van der Waals surface area contributed by atoms with Crippen LogP contribution in [0, 0.1) is 0 Å². The first-order chi connectivity index (χ1) is 10.6. The molecule has 0 atom stereocenters. The van der Waals surface area contributed by atoms with Gasteiger partial charge in [-0.05, 0) is 12.1 Å². The van der Waals surface area contributed by atoms with Gasteiger partial charge in [0, 0.05) is 17.3 Å². The molecule has 0 radical (unpaired) electrons. The van der Waals surface area contributed by atoms with Crippen molar-refractivity contribution in [3.05, 3.63) is 48.0 Å². The molecule has 3 aromatic rings. The van der Waals surface area contributed by atoms with Gasteiger partial charge >= 0.3 is 0 Å². The van der Waals surface area contributed by atoms with Crippen molar-refractivity contribution in [2.24, 2.45) is 4.99 Å². The van der Waals surface area contributed by atoms with Gasteiger partial charge in [-0.1, -0.05) is 30.3 Å². The van der Waals surface area contributed by atoms with Crippen molar-refractivity contribution in [1.82, 2.24) is 15.2 Å². The molecule has 110 valence electrons. The molecule has 3 rings (SSSR count). The molecule has 7 nitrogen and oxygen atoms in total. The van der Waals surface area contributed by atoms with E-state index in [9.17, 15) is 15.3 Å². The molecule has 2 aromatic carbocycles. The van der Waals surface area contributed by atoms with Crippen LogP contribution >= 0.6 is 0 Å². The number of nitrogens with one attached hydrogen (secondary N) is 1. The zero-order valence-corrected chi connectivity index (χ0v) is 11.3. The van der Waals surface area contributed by atoms with E-state index in [0.717, 1.165) is 5.56 Å². The van der Waals surface area contributed by atoms with Gasteiger partial charge in [0.1, 0.15) is 0 Å². The first-order valence-electron chi connectivity index (χ1n) is 6.41. The summed E-state index contributed by atoms with van der Waals surface area (Å²) in [5.41, 5.74) is 1.11. The molecule has 0 unspecified atom stereocenters. The molecule has 0 aliphatic carbocycles. The van der Waals surface area contributed by atoms with E-state index >= 15 is 0 Å². The highest BCUT2D eigenvalue weighted by Gasteiger charge is 2.09. The SMILES string of the molecule is Oc1ccc(/C=N/c2n[nH]c(-c3ccccc3)n2)c(O)c1O. The van der Waals surface area contributed by atoms with Crippen molar-refractivity contribution < 1.29 is 15.3 Å². The van der Waals surface area contributed by atoms with E-state index in [4.69, 9.17) is 0 Å². The van der Waals surface area contributed by atoms with Gasteiger partial charge in [-0.2, -0.15) is 4.98 Å². The van der Waals surface area contributed by atoms with E-state index < -0.39 is 17.2 Å². The van der Waals surface area contributed by atoms with Crippen molar-refractivity contribution in [3.63, 3.8) is 0 Å². The van der Waals surface area contributed by atoms with E-state index in [1.807, 2.05) is 30.3 Å². The lowest BCUT2D eigenvalue weighted by atomic mass is 10.2. The molecule has 0 saturated carbocycles. The monoisotopic (exact) mass is 296 g/mol. The van der Waals surface area contributed by atoms with Crippen molar-refractivity contribution in [3.8, 4) is 28.6 Å². The van der Waals surface area contributed by atoms with Crippen LogP contribution in [-0.2, 0) is 0 Å². The number of phenols is 3. The summed E-state index contributed by atoms with van der Waals surface area (Å²) >= 11 is 0. The van der Waals surface area contributed by atoms with Crippen molar-refractivity contribution in [2.75, 3.05) is 0 Å². The van der Waals surface area contributed by atoms with E-state index in [-0.39, 0.29) is 11.5 Å². The van der Waals surface area contributed by atoms with E-state index in [2.05, 4.69) is 20.2 Å². The van der Waals surface area contributed by atoms with Crippen LogP contribution in [0.4, 0.5) is 5.95 Å². The van der Waals surface area contributed by atoms with Crippen LogP contribution in [0.25, 0.3) is 11.4 Å². The molecular formula is C15H12N4O3. The highest BCUT2D eigenvalue weighted by atomic mass is 16.3. The number of H-pyrrole nitrogens is 1. The number of benzene rings is 2. The topological polar surface area (TPSA) is 115 Å². The summed E-state index contributed by atoms with van der Waals surface area (Å²) in [4.78, 5) is 8.23. The van der Waals surface area contributed by atoms with Gasteiger partial charge in [-0.3, -0.25) is 5.10 Å². The lowest BCUT2D eigenvalue weighted by molar-refractivity contribution is 0.367. The summed E-state index contributed by atoms with van der Waals surface area (Å²) in [5, 5.41) is 35.1. The molecule has 22 heavy (non-hydrogen) atoms. The molecule has 1 heterocycles. The smallest absolute Gasteiger partial charge is 0.268 e. The Morgan fingerprint density at radius 1 is 0.955 bits per heavy atom. The molecule has 0 saturated heterocycles. The summed E-state index contributed by atoms with van der Waals surface area (Å²) in [6.45, 7) is 0. The number of nitrogens with zero attached hydrogens (tertiary/aromatic N) is 3. The van der Waals surface area contributed by atoms with Crippen LogP contribution in [0.15, 0.2) is 47.5 Å². The van der Waals surface area contributed by atoms with E-state index in [1.165, 1.54) is 18.3 Å². The Balaban J connectivity index is 1.85. The van der Waals surface area contributed by atoms with Gasteiger partial charge < -0.3 is 15.3 Å². The van der Waals surface area contributed by atoms with E-state index in [1.54, 1.807) is 0 Å². The van der Waals surface area contributed by atoms with Crippen molar-refractivity contribution >= 4 is 12.2 Å².